The molecule has 2 nitrogen and oxygen atoms in total. The van der Waals surface area contributed by atoms with Gasteiger partial charge in [-0.3, -0.25) is 0 Å². The number of para-hydroxylation sites is 2. The van der Waals surface area contributed by atoms with Gasteiger partial charge in [-0.2, -0.15) is 0 Å². The summed E-state index contributed by atoms with van der Waals surface area (Å²) in [6, 6.07) is 48.1. The van der Waals surface area contributed by atoms with E-state index in [0.29, 0.717) is 0 Å². The van der Waals surface area contributed by atoms with E-state index < -0.39 is 0 Å². The molecule has 0 fully saturated rings. The Bertz CT molecular complexity index is 2120. The molecule has 0 atom stereocenters. The zero-order chi connectivity index (χ0) is 28.4. The van der Waals surface area contributed by atoms with E-state index in [0.717, 1.165) is 44.6 Å². The summed E-state index contributed by atoms with van der Waals surface area (Å²) in [6.45, 7) is 4.65. The maximum absolute atomic E-state index is 13.8. The summed E-state index contributed by atoms with van der Waals surface area (Å²) in [5.74, 6) is -0.235. The zero-order valence-corrected chi connectivity index (χ0v) is 23.6. The van der Waals surface area contributed by atoms with Crippen LogP contribution >= 0.6 is 0 Å². The van der Waals surface area contributed by atoms with Gasteiger partial charge in [0, 0.05) is 38.9 Å². The zero-order valence-electron chi connectivity index (χ0n) is 23.6. The summed E-state index contributed by atoms with van der Waals surface area (Å²) in [6.07, 6.45) is 0. The van der Waals surface area contributed by atoms with E-state index in [-0.39, 0.29) is 11.2 Å². The van der Waals surface area contributed by atoms with Crippen molar-refractivity contribution in [3.63, 3.8) is 0 Å². The summed E-state index contributed by atoms with van der Waals surface area (Å²) in [7, 11) is 0. The van der Waals surface area contributed by atoms with Crippen molar-refractivity contribution in [3.05, 3.63) is 156 Å². The van der Waals surface area contributed by atoms with Crippen LogP contribution in [0.25, 0.3) is 38.6 Å². The highest BCUT2D eigenvalue weighted by molar-refractivity contribution is 6.10. The lowest BCUT2D eigenvalue weighted by Crippen LogP contribution is -2.16. The number of halogens is 1. The molecule has 0 N–H and O–H groups in total. The topological polar surface area (TPSA) is 8.17 Å². The lowest BCUT2D eigenvalue weighted by atomic mass is 9.82. The van der Waals surface area contributed by atoms with Crippen LogP contribution in [0.2, 0.25) is 0 Å². The Kier molecular flexibility index (Phi) is 5.39. The highest BCUT2D eigenvalue weighted by Crippen LogP contribution is 2.50. The number of aromatic nitrogens is 1. The normalized spacial score (nSPS) is 13.3. The fraction of sp³-hybridized carbons (Fsp3) is 0.0769. The highest BCUT2D eigenvalue weighted by atomic mass is 19.1. The largest absolute Gasteiger partial charge is 0.310 e. The maximum atomic E-state index is 13.8. The number of rotatable bonds is 4. The molecule has 8 rings (SSSR count). The number of anilines is 3. The minimum absolute atomic E-state index is 0.0865. The van der Waals surface area contributed by atoms with Crippen LogP contribution in [-0.4, -0.2) is 4.57 Å². The second-order valence-corrected chi connectivity index (χ2v) is 11.6. The molecule has 0 spiro atoms. The van der Waals surface area contributed by atoms with Crippen molar-refractivity contribution < 1.29 is 4.39 Å². The van der Waals surface area contributed by atoms with Crippen LogP contribution in [-0.2, 0) is 5.41 Å². The summed E-state index contributed by atoms with van der Waals surface area (Å²) in [5, 5.41) is 2.32. The molecule has 0 saturated carbocycles. The first-order valence-electron chi connectivity index (χ1n) is 14.4. The van der Waals surface area contributed by atoms with Gasteiger partial charge in [0.15, 0.2) is 0 Å². The number of nitrogens with zero attached hydrogens (tertiary/aromatic N) is 2. The van der Waals surface area contributed by atoms with E-state index in [1.165, 1.54) is 34.4 Å². The van der Waals surface area contributed by atoms with E-state index in [1.54, 1.807) is 0 Å². The van der Waals surface area contributed by atoms with Crippen LogP contribution in [0.5, 0.6) is 0 Å². The molecular weight excluding hydrogens is 515 g/mol. The Morgan fingerprint density at radius 1 is 0.524 bits per heavy atom. The highest BCUT2D eigenvalue weighted by Gasteiger charge is 2.35. The molecule has 1 aromatic heterocycles. The van der Waals surface area contributed by atoms with Gasteiger partial charge in [0.2, 0.25) is 0 Å². The number of benzene rings is 6. The molecule has 0 amide bonds. The van der Waals surface area contributed by atoms with Gasteiger partial charge in [-0.15, -0.1) is 0 Å². The SMILES string of the molecule is CC1(C)c2ccccc2-c2ccc(N(c3ccccc3)c3ccc4c(c3)c3ccccc3n4-c3ccc(F)cc3)cc21. The first-order valence-corrected chi connectivity index (χ1v) is 14.4. The third-order valence-corrected chi connectivity index (χ3v) is 8.84. The Morgan fingerprint density at radius 2 is 1.17 bits per heavy atom. The number of fused-ring (bicyclic) bond motifs is 6. The lowest BCUT2D eigenvalue weighted by Gasteiger charge is -2.28. The molecule has 202 valence electrons. The Morgan fingerprint density at radius 3 is 2.00 bits per heavy atom. The van der Waals surface area contributed by atoms with Crippen LogP contribution in [0.4, 0.5) is 21.5 Å². The second-order valence-electron chi connectivity index (χ2n) is 11.6. The Balaban J connectivity index is 1.34. The molecule has 0 bridgehead atoms. The molecule has 1 heterocycles. The van der Waals surface area contributed by atoms with Gasteiger partial charge in [-0.25, -0.2) is 4.39 Å². The van der Waals surface area contributed by atoms with Crippen LogP contribution in [0.3, 0.4) is 0 Å². The van der Waals surface area contributed by atoms with Gasteiger partial charge in [-0.1, -0.05) is 80.6 Å². The van der Waals surface area contributed by atoms with Crippen molar-refractivity contribution in [2.45, 2.75) is 19.3 Å². The van der Waals surface area contributed by atoms with Gasteiger partial charge in [-0.05, 0) is 95.1 Å². The van der Waals surface area contributed by atoms with Crippen LogP contribution in [0.1, 0.15) is 25.0 Å². The van der Waals surface area contributed by atoms with Gasteiger partial charge in [0.25, 0.3) is 0 Å². The van der Waals surface area contributed by atoms with Gasteiger partial charge in [0.05, 0.1) is 11.0 Å². The summed E-state index contributed by atoms with van der Waals surface area (Å²) in [5.41, 5.74) is 11.7. The molecule has 1 aliphatic carbocycles. The molecule has 6 aromatic carbocycles. The van der Waals surface area contributed by atoms with Gasteiger partial charge < -0.3 is 9.47 Å². The van der Waals surface area contributed by atoms with E-state index in [9.17, 15) is 4.39 Å². The van der Waals surface area contributed by atoms with Crippen LogP contribution < -0.4 is 4.90 Å². The lowest BCUT2D eigenvalue weighted by molar-refractivity contribution is 0.627. The van der Waals surface area contributed by atoms with Gasteiger partial charge in [0.1, 0.15) is 5.82 Å². The average Bonchev–Trinajstić information content (AvgIpc) is 3.47. The average molecular weight is 545 g/mol. The monoisotopic (exact) mass is 544 g/mol. The van der Waals surface area contributed by atoms with E-state index in [1.807, 2.05) is 12.1 Å². The molecule has 3 heteroatoms. The molecular formula is C39H29FN2. The Labute approximate surface area is 244 Å². The quantitative estimate of drug-likeness (QED) is 0.214. The molecule has 0 radical (unpaired) electrons. The number of hydrogen-bond acceptors (Lipinski definition) is 1. The summed E-state index contributed by atoms with van der Waals surface area (Å²) in [4.78, 5) is 2.35. The van der Waals surface area contributed by atoms with Crippen molar-refractivity contribution in [2.75, 3.05) is 4.90 Å². The van der Waals surface area contributed by atoms with E-state index in [4.69, 9.17) is 0 Å². The minimum Gasteiger partial charge on any atom is -0.310 e. The van der Waals surface area contributed by atoms with Crippen LogP contribution in [0, 0.1) is 5.82 Å². The van der Waals surface area contributed by atoms with Crippen molar-refractivity contribution in [3.8, 4) is 16.8 Å². The number of hydrogen-bond donors (Lipinski definition) is 0. The molecule has 0 unspecified atom stereocenters. The fourth-order valence-electron chi connectivity index (χ4n) is 6.82. The molecule has 0 saturated heterocycles. The van der Waals surface area contributed by atoms with Crippen molar-refractivity contribution >= 4 is 38.9 Å². The maximum Gasteiger partial charge on any atom is 0.123 e. The predicted molar refractivity (Wildman–Crippen MR) is 173 cm³/mol. The predicted octanol–water partition coefficient (Wildman–Crippen LogP) is 10.7. The fourth-order valence-corrected chi connectivity index (χ4v) is 6.82. The molecule has 7 aromatic rings. The Hall–Kier alpha value is -5.15. The molecule has 1 aliphatic rings. The standard InChI is InChI=1S/C39H29FN2/c1-39(2)35-14-8-6-12-31(35)32-22-20-30(25-36(32)39)41(27-10-4-3-5-11-27)29-21-23-38-34(24-29)33-13-7-9-15-37(33)42(38)28-18-16-26(40)17-19-28/h3-25H,1-2H3. The summed E-state index contributed by atoms with van der Waals surface area (Å²) < 4.78 is 16.0. The second kappa shape index (κ2) is 9.19. The third kappa shape index (κ3) is 3.63. The van der Waals surface area contributed by atoms with Gasteiger partial charge >= 0.3 is 0 Å². The summed E-state index contributed by atoms with van der Waals surface area (Å²) >= 11 is 0. The van der Waals surface area contributed by atoms with Crippen molar-refractivity contribution in [1.82, 2.24) is 4.57 Å². The molecule has 42 heavy (non-hydrogen) atoms. The first-order chi connectivity index (χ1) is 20.5. The van der Waals surface area contributed by atoms with Crippen LogP contribution in [0.15, 0.2) is 140 Å². The smallest absolute Gasteiger partial charge is 0.123 e. The van der Waals surface area contributed by atoms with E-state index in [2.05, 4.69) is 139 Å². The van der Waals surface area contributed by atoms with E-state index >= 15 is 0 Å². The van der Waals surface area contributed by atoms with Crippen molar-refractivity contribution in [2.24, 2.45) is 0 Å². The minimum atomic E-state index is -0.235. The third-order valence-electron chi connectivity index (χ3n) is 8.84. The molecule has 0 aliphatic heterocycles. The first kappa shape index (κ1) is 24.6. The van der Waals surface area contributed by atoms with Crippen molar-refractivity contribution in [1.29, 1.82) is 0 Å².